The molecule has 0 aliphatic heterocycles. The molecule has 3 nitrogen and oxygen atoms in total. The summed E-state index contributed by atoms with van der Waals surface area (Å²) in [5, 5.41) is 20.5. The van der Waals surface area contributed by atoms with Gasteiger partial charge in [-0.25, -0.2) is 0 Å². The molecule has 0 heterocycles. The van der Waals surface area contributed by atoms with Crippen molar-refractivity contribution >= 4 is 5.97 Å². The minimum atomic E-state index is -0.648. The summed E-state index contributed by atoms with van der Waals surface area (Å²) in [6.45, 7) is 10.2. The first-order valence-corrected chi connectivity index (χ1v) is 8.94. The molecular formula is C20H30O3. The number of aliphatic hydroxyl groups excluding tert-OH is 1. The van der Waals surface area contributed by atoms with Gasteiger partial charge in [0.15, 0.2) is 0 Å². The minimum Gasteiger partial charge on any atom is -0.481 e. The molecule has 3 rings (SSSR count). The van der Waals surface area contributed by atoms with Crippen LogP contribution in [-0.2, 0) is 4.79 Å². The van der Waals surface area contributed by atoms with Crippen LogP contribution in [0.1, 0.15) is 65.7 Å². The Morgan fingerprint density at radius 3 is 2.61 bits per heavy atom. The average molecular weight is 318 g/mol. The second-order valence-corrected chi connectivity index (χ2v) is 8.77. The lowest BCUT2D eigenvalue weighted by Crippen LogP contribution is -2.52. The number of carboxylic acids is 1. The zero-order valence-corrected chi connectivity index (χ0v) is 14.7. The van der Waals surface area contributed by atoms with Crippen molar-refractivity contribution in [3.8, 4) is 0 Å². The van der Waals surface area contributed by atoms with Gasteiger partial charge in [-0.15, -0.1) is 6.58 Å². The lowest BCUT2D eigenvalue weighted by Gasteiger charge is -2.57. The minimum absolute atomic E-state index is 0.0670. The maximum absolute atomic E-state index is 12.0. The number of hydrogen-bond donors (Lipinski definition) is 2. The number of allylic oxidation sites excluding steroid dienone is 1. The Morgan fingerprint density at radius 2 is 2.00 bits per heavy atom. The second-order valence-electron chi connectivity index (χ2n) is 8.77. The molecule has 1 fully saturated rings. The van der Waals surface area contributed by atoms with Crippen LogP contribution in [0.4, 0.5) is 0 Å². The van der Waals surface area contributed by atoms with Gasteiger partial charge < -0.3 is 10.2 Å². The van der Waals surface area contributed by atoms with E-state index >= 15 is 0 Å². The SMILES string of the molecule is C=C[C@]1(C)CC2=C(C[C@@H]1O)[C@@]1(C)CCC[C@@](C)(C(=O)O)[C@@H]1CC2. The molecule has 0 aromatic rings. The van der Waals surface area contributed by atoms with Gasteiger partial charge in [-0.3, -0.25) is 4.79 Å². The maximum Gasteiger partial charge on any atom is 0.309 e. The van der Waals surface area contributed by atoms with Crippen molar-refractivity contribution in [2.45, 2.75) is 71.8 Å². The molecule has 0 saturated heterocycles. The largest absolute Gasteiger partial charge is 0.481 e. The summed E-state index contributed by atoms with van der Waals surface area (Å²) >= 11 is 0. The van der Waals surface area contributed by atoms with Gasteiger partial charge in [-0.1, -0.05) is 37.5 Å². The van der Waals surface area contributed by atoms with Crippen LogP contribution in [0.25, 0.3) is 0 Å². The summed E-state index contributed by atoms with van der Waals surface area (Å²) in [6.07, 6.45) is 7.77. The summed E-state index contributed by atoms with van der Waals surface area (Å²) < 4.78 is 0. The highest BCUT2D eigenvalue weighted by atomic mass is 16.4. The molecule has 3 aliphatic carbocycles. The monoisotopic (exact) mass is 318 g/mol. The highest BCUT2D eigenvalue weighted by Crippen LogP contribution is 2.63. The zero-order chi connectivity index (χ0) is 17.0. The predicted molar refractivity (Wildman–Crippen MR) is 91.0 cm³/mol. The van der Waals surface area contributed by atoms with E-state index in [1.165, 1.54) is 11.1 Å². The van der Waals surface area contributed by atoms with E-state index in [1.807, 2.05) is 13.0 Å². The number of carboxylic acid groups (broad SMARTS) is 1. The standard InChI is InChI=1S/C20H30O3/c1-5-18(2)12-13-7-8-15-19(3,14(13)11-16(18)21)9-6-10-20(15,4)17(22)23/h5,15-16,21H,1,6-12H2,2-4H3,(H,22,23)/t15-,16+,18-,19-,20-/m1/s1. The van der Waals surface area contributed by atoms with Crippen LogP contribution in [0.3, 0.4) is 0 Å². The van der Waals surface area contributed by atoms with Gasteiger partial charge in [0.25, 0.3) is 0 Å². The molecule has 3 aliphatic rings. The first-order valence-electron chi connectivity index (χ1n) is 8.94. The molecule has 0 aromatic carbocycles. The van der Waals surface area contributed by atoms with Crippen molar-refractivity contribution in [1.82, 2.24) is 0 Å². The normalized spacial score (nSPS) is 46.8. The van der Waals surface area contributed by atoms with Gasteiger partial charge in [0.1, 0.15) is 0 Å². The fraction of sp³-hybridized carbons (Fsp3) is 0.750. The Balaban J connectivity index is 2.04. The highest BCUT2D eigenvalue weighted by molar-refractivity contribution is 5.75. The van der Waals surface area contributed by atoms with Gasteiger partial charge in [-0.2, -0.15) is 0 Å². The van der Waals surface area contributed by atoms with E-state index in [9.17, 15) is 15.0 Å². The summed E-state index contributed by atoms with van der Waals surface area (Å²) in [4.78, 5) is 12.0. The van der Waals surface area contributed by atoms with Gasteiger partial charge in [0, 0.05) is 5.41 Å². The van der Waals surface area contributed by atoms with E-state index in [0.717, 1.165) is 38.5 Å². The molecule has 0 spiro atoms. The van der Waals surface area contributed by atoms with E-state index in [2.05, 4.69) is 20.4 Å². The molecule has 23 heavy (non-hydrogen) atoms. The maximum atomic E-state index is 12.0. The average Bonchev–Trinajstić information content (AvgIpc) is 2.49. The van der Waals surface area contributed by atoms with E-state index in [1.54, 1.807) is 0 Å². The van der Waals surface area contributed by atoms with E-state index in [4.69, 9.17) is 0 Å². The third-order valence-electron chi connectivity index (χ3n) is 7.49. The highest BCUT2D eigenvalue weighted by Gasteiger charge is 2.57. The van der Waals surface area contributed by atoms with Crippen molar-refractivity contribution in [1.29, 1.82) is 0 Å². The van der Waals surface area contributed by atoms with Crippen LogP contribution in [0, 0.1) is 22.2 Å². The predicted octanol–water partition coefficient (Wildman–Crippen LogP) is 4.32. The molecule has 3 heteroatoms. The van der Waals surface area contributed by atoms with Crippen LogP contribution in [-0.4, -0.2) is 22.3 Å². The molecular weight excluding hydrogens is 288 g/mol. The Labute approximate surface area is 139 Å². The topological polar surface area (TPSA) is 57.5 Å². The third kappa shape index (κ3) is 2.23. The lowest BCUT2D eigenvalue weighted by atomic mass is 9.47. The van der Waals surface area contributed by atoms with E-state index < -0.39 is 17.5 Å². The van der Waals surface area contributed by atoms with Gasteiger partial charge in [0.05, 0.1) is 11.5 Å². The first kappa shape index (κ1) is 16.8. The van der Waals surface area contributed by atoms with Crippen LogP contribution >= 0.6 is 0 Å². The zero-order valence-electron chi connectivity index (χ0n) is 14.7. The number of aliphatic carboxylic acids is 1. The van der Waals surface area contributed by atoms with Crippen molar-refractivity contribution in [3.05, 3.63) is 23.8 Å². The lowest BCUT2D eigenvalue weighted by molar-refractivity contribution is -0.159. The van der Waals surface area contributed by atoms with Crippen molar-refractivity contribution in [3.63, 3.8) is 0 Å². The molecule has 2 N–H and O–H groups in total. The second kappa shape index (κ2) is 5.20. The number of fused-ring (bicyclic) bond motifs is 2. The number of carbonyl (C=O) groups is 1. The summed E-state index contributed by atoms with van der Waals surface area (Å²) in [7, 11) is 0. The number of aliphatic hydroxyl groups is 1. The molecule has 0 amide bonds. The molecule has 0 bridgehead atoms. The van der Waals surface area contributed by atoms with E-state index in [-0.39, 0.29) is 16.7 Å². The Morgan fingerprint density at radius 1 is 1.30 bits per heavy atom. The number of hydrogen-bond acceptors (Lipinski definition) is 2. The van der Waals surface area contributed by atoms with Gasteiger partial charge in [-0.05, 0) is 56.8 Å². The van der Waals surface area contributed by atoms with Crippen LogP contribution in [0.15, 0.2) is 23.8 Å². The number of rotatable bonds is 2. The molecule has 1 saturated carbocycles. The van der Waals surface area contributed by atoms with E-state index in [0.29, 0.717) is 6.42 Å². The summed E-state index contributed by atoms with van der Waals surface area (Å²) in [5.74, 6) is -0.468. The molecule has 0 unspecified atom stereocenters. The van der Waals surface area contributed by atoms with Crippen molar-refractivity contribution in [2.75, 3.05) is 0 Å². The summed E-state index contributed by atoms with van der Waals surface area (Å²) in [5.41, 5.74) is 1.89. The van der Waals surface area contributed by atoms with Crippen molar-refractivity contribution in [2.24, 2.45) is 22.2 Å². The quantitative estimate of drug-likeness (QED) is 0.745. The third-order valence-corrected chi connectivity index (χ3v) is 7.49. The smallest absolute Gasteiger partial charge is 0.309 e. The summed E-state index contributed by atoms with van der Waals surface area (Å²) in [6, 6.07) is 0. The van der Waals surface area contributed by atoms with Crippen LogP contribution < -0.4 is 0 Å². The van der Waals surface area contributed by atoms with Gasteiger partial charge in [0.2, 0.25) is 0 Å². The fourth-order valence-corrected chi connectivity index (χ4v) is 5.79. The van der Waals surface area contributed by atoms with Crippen LogP contribution in [0.5, 0.6) is 0 Å². The molecule has 5 atom stereocenters. The van der Waals surface area contributed by atoms with Crippen molar-refractivity contribution < 1.29 is 15.0 Å². The Bertz CT molecular complexity index is 577. The van der Waals surface area contributed by atoms with Crippen LogP contribution in [0.2, 0.25) is 0 Å². The van der Waals surface area contributed by atoms with Gasteiger partial charge >= 0.3 is 5.97 Å². The Hall–Kier alpha value is -1.09. The fourth-order valence-electron chi connectivity index (χ4n) is 5.79. The first-order chi connectivity index (χ1) is 10.7. The molecule has 0 radical (unpaired) electrons. The molecule has 0 aromatic heterocycles. The molecule has 128 valence electrons. The Kier molecular flexibility index (Phi) is 3.79.